The highest BCUT2D eigenvalue weighted by atomic mass is 16.2. The Morgan fingerprint density at radius 1 is 0.953 bits per heavy atom. The first-order valence-corrected chi connectivity index (χ1v) is 15.2. The second kappa shape index (κ2) is 13.2. The van der Waals surface area contributed by atoms with Crippen LogP contribution in [0.5, 0.6) is 0 Å². The van der Waals surface area contributed by atoms with Gasteiger partial charge in [0, 0.05) is 49.1 Å². The monoisotopic (exact) mass is 578 g/mol. The van der Waals surface area contributed by atoms with Crippen LogP contribution < -0.4 is 10.6 Å². The maximum Gasteiger partial charge on any atom is 0.324 e. The molecule has 1 aliphatic heterocycles. The minimum Gasteiger partial charge on any atom is -0.343 e. The molecule has 0 radical (unpaired) electrons. The van der Waals surface area contributed by atoms with Gasteiger partial charge in [0.1, 0.15) is 5.82 Å². The van der Waals surface area contributed by atoms with Crippen LogP contribution in [-0.4, -0.2) is 44.7 Å². The number of aryl methyl sites for hydroxylation is 2. The Kier molecular flexibility index (Phi) is 9.24. The van der Waals surface area contributed by atoms with Gasteiger partial charge in [-0.15, -0.1) is 0 Å². The van der Waals surface area contributed by atoms with Gasteiger partial charge in [0.15, 0.2) is 0 Å². The number of urea groups is 1. The van der Waals surface area contributed by atoms with Crippen LogP contribution in [0.25, 0.3) is 5.69 Å². The van der Waals surface area contributed by atoms with Gasteiger partial charge in [-0.2, -0.15) is 5.10 Å². The third-order valence-corrected chi connectivity index (χ3v) is 8.09. The number of rotatable bonds is 8. The molecule has 2 aromatic heterocycles. The first-order chi connectivity index (χ1) is 20.7. The molecule has 8 nitrogen and oxygen atoms in total. The Labute approximate surface area is 254 Å². The Balaban J connectivity index is 1.19. The maximum absolute atomic E-state index is 13.3. The standard InChI is InChI=1S/C35H42N6O2/c1-25-11-14-29(15-12-25)41-32(23-31(39-41)35(2,3)4)38-34(43)37-30-10-6-5-9-28(30)22-26-17-20-40(21-18-26)33(42)16-13-27-8-7-19-36-24-27/h5-12,14-15,19,23-24,26H,13,16-18,20-22H2,1-4H3,(H2,37,38,43). The topological polar surface area (TPSA) is 92.2 Å². The van der Waals surface area contributed by atoms with Crippen LogP contribution in [-0.2, 0) is 23.1 Å². The van der Waals surface area contributed by atoms with Crippen molar-refractivity contribution < 1.29 is 9.59 Å². The molecule has 0 atom stereocenters. The Hall–Kier alpha value is -4.46. The number of anilines is 2. The van der Waals surface area contributed by atoms with E-state index in [0.29, 0.717) is 18.2 Å². The number of amides is 3. The molecule has 0 spiro atoms. The van der Waals surface area contributed by atoms with Gasteiger partial charge in [-0.3, -0.25) is 15.1 Å². The molecule has 224 valence electrons. The summed E-state index contributed by atoms with van der Waals surface area (Å²) < 4.78 is 1.79. The quantitative estimate of drug-likeness (QED) is 0.237. The molecule has 2 N–H and O–H groups in total. The summed E-state index contributed by atoms with van der Waals surface area (Å²) in [4.78, 5) is 32.2. The van der Waals surface area contributed by atoms with Crippen molar-refractivity contribution in [1.82, 2.24) is 19.7 Å². The number of benzene rings is 2. The first-order valence-electron chi connectivity index (χ1n) is 15.2. The highest BCUT2D eigenvalue weighted by Crippen LogP contribution is 2.28. The number of hydrogen-bond donors (Lipinski definition) is 2. The van der Waals surface area contributed by atoms with E-state index in [9.17, 15) is 9.59 Å². The van der Waals surface area contributed by atoms with Crippen molar-refractivity contribution in [3.63, 3.8) is 0 Å². The fourth-order valence-corrected chi connectivity index (χ4v) is 5.46. The van der Waals surface area contributed by atoms with E-state index in [0.717, 1.165) is 72.5 Å². The molecule has 0 saturated carbocycles. The smallest absolute Gasteiger partial charge is 0.324 e. The zero-order chi connectivity index (χ0) is 30.4. The molecule has 1 fully saturated rings. The van der Waals surface area contributed by atoms with Gasteiger partial charge in [0.2, 0.25) is 5.91 Å². The number of para-hydroxylation sites is 1. The van der Waals surface area contributed by atoms with Crippen molar-refractivity contribution in [2.45, 2.75) is 65.2 Å². The Bertz CT molecular complexity index is 1530. The van der Waals surface area contributed by atoms with Crippen LogP contribution in [0.3, 0.4) is 0 Å². The third-order valence-electron chi connectivity index (χ3n) is 8.09. The fraction of sp³-hybridized carbons (Fsp3) is 0.371. The lowest BCUT2D eigenvalue weighted by Crippen LogP contribution is -2.39. The van der Waals surface area contributed by atoms with E-state index in [4.69, 9.17) is 5.10 Å². The van der Waals surface area contributed by atoms with E-state index in [1.165, 1.54) is 0 Å². The second-order valence-corrected chi connectivity index (χ2v) is 12.5. The summed E-state index contributed by atoms with van der Waals surface area (Å²) in [6, 6.07) is 21.6. The molecular weight excluding hydrogens is 536 g/mol. The maximum atomic E-state index is 13.3. The number of nitrogens with zero attached hydrogens (tertiary/aromatic N) is 4. The molecule has 0 aliphatic carbocycles. The van der Waals surface area contributed by atoms with Crippen molar-refractivity contribution in [2.24, 2.45) is 5.92 Å². The number of nitrogens with one attached hydrogen (secondary N) is 2. The Morgan fingerprint density at radius 2 is 1.70 bits per heavy atom. The summed E-state index contributed by atoms with van der Waals surface area (Å²) in [5, 5.41) is 10.9. The minimum atomic E-state index is -0.310. The van der Waals surface area contributed by atoms with Gasteiger partial charge in [0.05, 0.1) is 11.4 Å². The lowest BCUT2D eigenvalue weighted by Gasteiger charge is -2.32. The number of pyridine rings is 1. The molecule has 3 heterocycles. The molecule has 1 saturated heterocycles. The van der Waals surface area contributed by atoms with Crippen molar-refractivity contribution in [3.05, 3.63) is 102 Å². The van der Waals surface area contributed by atoms with Crippen molar-refractivity contribution in [3.8, 4) is 5.69 Å². The normalized spacial score (nSPS) is 14.0. The van der Waals surface area contributed by atoms with Gasteiger partial charge >= 0.3 is 6.03 Å². The van der Waals surface area contributed by atoms with E-state index >= 15 is 0 Å². The lowest BCUT2D eigenvalue weighted by molar-refractivity contribution is -0.132. The number of carbonyl (C=O) groups is 2. The molecular formula is C35H42N6O2. The average molecular weight is 579 g/mol. The molecule has 0 bridgehead atoms. The van der Waals surface area contributed by atoms with Gasteiger partial charge in [-0.05, 0) is 73.9 Å². The lowest BCUT2D eigenvalue weighted by atomic mass is 9.89. The molecule has 2 aromatic carbocycles. The van der Waals surface area contributed by atoms with Gasteiger partial charge in [-0.25, -0.2) is 9.48 Å². The molecule has 5 rings (SSSR count). The van der Waals surface area contributed by atoms with E-state index in [1.807, 2.05) is 78.7 Å². The van der Waals surface area contributed by atoms with Gasteiger partial charge in [0.25, 0.3) is 0 Å². The summed E-state index contributed by atoms with van der Waals surface area (Å²) in [6.07, 6.45) is 7.56. The summed E-state index contributed by atoms with van der Waals surface area (Å²) in [7, 11) is 0. The molecule has 43 heavy (non-hydrogen) atoms. The third kappa shape index (κ3) is 7.89. The van der Waals surface area contributed by atoms with Crippen LogP contribution in [0, 0.1) is 12.8 Å². The number of piperidine rings is 1. The van der Waals surface area contributed by atoms with Crippen LogP contribution in [0.15, 0.2) is 79.1 Å². The largest absolute Gasteiger partial charge is 0.343 e. The number of aromatic nitrogens is 3. The zero-order valence-electron chi connectivity index (χ0n) is 25.6. The molecule has 1 aliphatic rings. The van der Waals surface area contributed by atoms with Gasteiger partial charge < -0.3 is 10.2 Å². The van der Waals surface area contributed by atoms with E-state index < -0.39 is 0 Å². The summed E-state index contributed by atoms with van der Waals surface area (Å²) in [5.41, 5.74) is 5.76. The van der Waals surface area contributed by atoms with E-state index in [2.05, 4.69) is 42.5 Å². The van der Waals surface area contributed by atoms with Gasteiger partial charge in [-0.1, -0.05) is 62.7 Å². The highest BCUT2D eigenvalue weighted by Gasteiger charge is 2.24. The minimum absolute atomic E-state index is 0.172. The van der Waals surface area contributed by atoms with Crippen molar-refractivity contribution in [1.29, 1.82) is 0 Å². The van der Waals surface area contributed by atoms with E-state index in [-0.39, 0.29) is 17.4 Å². The predicted molar refractivity (Wildman–Crippen MR) is 172 cm³/mol. The van der Waals surface area contributed by atoms with Crippen LogP contribution in [0.4, 0.5) is 16.3 Å². The molecule has 4 aromatic rings. The fourth-order valence-electron chi connectivity index (χ4n) is 5.46. The summed E-state index contributed by atoms with van der Waals surface area (Å²) >= 11 is 0. The highest BCUT2D eigenvalue weighted by molar-refractivity contribution is 6.00. The number of carbonyl (C=O) groups excluding carboxylic acids is 2. The number of likely N-dealkylation sites (tertiary alicyclic amines) is 1. The number of hydrogen-bond acceptors (Lipinski definition) is 4. The van der Waals surface area contributed by atoms with Crippen molar-refractivity contribution >= 4 is 23.4 Å². The summed E-state index contributed by atoms with van der Waals surface area (Å²) in [5.74, 6) is 1.27. The molecule has 0 unspecified atom stereocenters. The molecule has 8 heteroatoms. The summed E-state index contributed by atoms with van der Waals surface area (Å²) in [6.45, 7) is 9.91. The first kappa shape index (κ1) is 30.0. The second-order valence-electron chi connectivity index (χ2n) is 12.5. The SMILES string of the molecule is Cc1ccc(-n2nc(C(C)(C)C)cc2NC(=O)Nc2ccccc2CC2CCN(C(=O)CCc3cccnc3)CC2)cc1. The van der Waals surface area contributed by atoms with Crippen LogP contribution in [0.1, 0.15) is 62.4 Å². The zero-order valence-corrected chi connectivity index (χ0v) is 25.6. The van der Waals surface area contributed by atoms with Crippen LogP contribution in [0.2, 0.25) is 0 Å². The van der Waals surface area contributed by atoms with Crippen LogP contribution >= 0.6 is 0 Å². The molecule has 3 amide bonds. The van der Waals surface area contributed by atoms with Crippen molar-refractivity contribution in [2.75, 3.05) is 23.7 Å². The van der Waals surface area contributed by atoms with E-state index in [1.54, 1.807) is 10.9 Å². The Morgan fingerprint density at radius 3 is 2.40 bits per heavy atom. The predicted octanol–water partition coefficient (Wildman–Crippen LogP) is 6.93. The average Bonchev–Trinajstić information content (AvgIpc) is 3.42.